The molecule has 0 saturated carbocycles. The van der Waals surface area contributed by atoms with Gasteiger partial charge in [0.1, 0.15) is 18.1 Å². The number of halogens is 2. The number of nitrogens with zero attached hydrogens (tertiary/aromatic N) is 1. The fourth-order valence-corrected chi connectivity index (χ4v) is 4.46. The molecule has 0 saturated heterocycles. The quantitative estimate of drug-likeness (QED) is 0.387. The lowest BCUT2D eigenvalue weighted by Gasteiger charge is -2.24. The molecule has 0 aliphatic carbocycles. The number of amides is 1. The average Bonchev–Trinajstić information content (AvgIpc) is 2.82. The van der Waals surface area contributed by atoms with Crippen molar-refractivity contribution in [3.05, 3.63) is 87.9 Å². The zero-order valence-corrected chi connectivity index (χ0v) is 21.0. The standard InChI is InChI=1S/C24H24Cl2N2O5S/c1-32-19-5-3-6-20(15-19)33-14-13-27-24(29)18-11-9-17(10-12-18)16-28(34(2,30)31)22-8-4-7-21(25)23(22)26/h3-12,15H,13-14,16H2,1-2H3,(H,27,29). The summed E-state index contributed by atoms with van der Waals surface area (Å²) in [6.07, 6.45) is 1.10. The molecule has 0 radical (unpaired) electrons. The lowest BCUT2D eigenvalue weighted by atomic mass is 10.1. The van der Waals surface area contributed by atoms with Gasteiger partial charge in [-0.25, -0.2) is 8.42 Å². The monoisotopic (exact) mass is 522 g/mol. The van der Waals surface area contributed by atoms with E-state index in [9.17, 15) is 13.2 Å². The Kier molecular flexibility index (Phi) is 8.66. The Labute approximate surface area is 209 Å². The van der Waals surface area contributed by atoms with Crippen molar-refractivity contribution in [1.82, 2.24) is 5.32 Å². The Balaban J connectivity index is 1.59. The van der Waals surface area contributed by atoms with Crippen LogP contribution >= 0.6 is 23.2 Å². The molecule has 7 nitrogen and oxygen atoms in total. The Bertz CT molecular complexity index is 1250. The molecule has 0 spiro atoms. The number of ether oxygens (including phenoxy) is 2. The van der Waals surface area contributed by atoms with Gasteiger partial charge in [0.05, 0.1) is 42.2 Å². The van der Waals surface area contributed by atoms with Gasteiger partial charge in [-0.15, -0.1) is 0 Å². The van der Waals surface area contributed by atoms with E-state index in [4.69, 9.17) is 32.7 Å². The van der Waals surface area contributed by atoms with Crippen LogP contribution in [0.15, 0.2) is 66.7 Å². The van der Waals surface area contributed by atoms with E-state index in [-0.39, 0.29) is 28.2 Å². The molecule has 0 unspecified atom stereocenters. The van der Waals surface area contributed by atoms with Crippen LogP contribution in [-0.4, -0.2) is 40.8 Å². The number of benzene rings is 3. The molecule has 180 valence electrons. The molecule has 0 aliphatic rings. The minimum Gasteiger partial charge on any atom is -0.497 e. The summed E-state index contributed by atoms with van der Waals surface area (Å²) < 4.78 is 36.7. The van der Waals surface area contributed by atoms with Gasteiger partial charge in [0.15, 0.2) is 0 Å². The van der Waals surface area contributed by atoms with E-state index in [1.54, 1.807) is 61.7 Å². The fourth-order valence-electron chi connectivity index (χ4n) is 3.12. The SMILES string of the molecule is COc1cccc(OCCNC(=O)c2ccc(CN(c3cccc(Cl)c3Cl)S(C)(=O)=O)cc2)c1. The first-order valence-corrected chi connectivity index (χ1v) is 12.8. The van der Waals surface area contributed by atoms with Crippen molar-refractivity contribution >= 4 is 44.8 Å². The summed E-state index contributed by atoms with van der Waals surface area (Å²) >= 11 is 12.3. The van der Waals surface area contributed by atoms with Crippen molar-refractivity contribution in [2.24, 2.45) is 0 Å². The van der Waals surface area contributed by atoms with Crippen LogP contribution in [0.2, 0.25) is 10.0 Å². The van der Waals surface area contributed by atoms with Gasteiger partial charge in [-0.2, -0.15) is 0 Å². The van der Waals surface area contributed by atoms with Crippen LogP contribution in [0.5, 0.6) is 11.5 Å². The van der Waals surface area contributed by atoms with Crippen LogP contribution < -0.4 is 19.1 Å². The van der Waals surface area contributed by atoms with E-state index < -0.39 is 10.0 Å². The number of hydrogen-bond acceptors (Lipinski definition) is 5. The number of methoxy groups -OCH3 is 1. The fraction of sp³-hybridized carbons (Fsp3) is 0.208. The molecule has 3 aromatic rings. The predicted molar refractivity (Wildman–Crippen MR) is 135 cm³/mol. The van der Waals surface area contributed by atoms with Crippen molar-refractivity contribution in [1.29, 1.82) is 0 Å². The first-order valence-electron chi connectivity index (χ1n) is 10.2. The third kappa shape index (κ3) is 6.79. The molecule has 1 N–H and O–H groups in total. The topological polar surface area (TPSA) is 84.9 Å². The van der Waals surface area contributed by atoms with E-state index in [1.165, 1.54) is 4.31 Å². The number of carbonyl (C=O) groups is 1. The van der Waals surface area contributed by atoms with Crippen molar-refractivity contribution in [2.45, 2.75) is 6.54 Å². The minimum absolute atomic E-state index is 0.0369. The van der Waals surface area contributed by atoms with Crippen molar-refractivity contribution in [2.75, 3.05) is 30.8 Å². The van der Waals surface area contributed by atoms with Gasteiger partial charge in [-0.05, 0) is 42.0 Å². The first kappa shape index (κ1) is 25.7. The maximum absolute atomic E-state index is 12.4. The van der Waals surface area contributed by atoms with Gasteiger partial charge < -0.3 is 14.8 Å². The molecule has 0 aliphatic heterocycles. The van der Waals surface area contributed by atoms with Crippen LogP contribution in [0.4, 0.5) is 5.69 Å². The van der Waals surface area contributed by atoms with E-state index in [1.807, 2.05) is 12.1 Å². The van der Waals surface area contributed by atoms with Gasteiger partial charge in [0.25, 0.3) is 5.91 Å². The van der Waals surface area contributed by atoms with Crippen molar-refractivity contribution in [3.63, 3.8) is 0 Å². The van der Waals surface area contributed by atoms with Gasteiger partial charge in [0.2, 0.25) is 10.0 Å². The molecular weight excluding hydrogens is 499 g/mol. The zero-order chi connectivity index (χ0) is 24.7. The highest BCUT2D eigenvalue weighted by Gasteiger charge is 2.21. The summed E-state index contributed by atoms with van der Waals surface area (Å²) in [5.41, 5.74) is 1.41. The van der Waals surface area contributed by atoms with Crippen molar-refractivity contribution < 1.29 is 22.7 Å². The first-order chi connectivity index (χ1) is 16.2. The van der Waals surface area contributed by atoms with E-state index in [0.717, 1.165) is 6.26 Å². The Morgan fingerprint density at radius 2 is 1.68 bits per heavy atom. The van der Waals surface area contributed by atoms with Crippen LogP contribution in [0.1, 0.15) is 15.9 Å². The zero-order valence-electron chi connectivity index (χ0n) is 18.6. The number of anilines is 1. The molecule has 34 heavy (non-hydrogen) atoms. The predicted octanol–water partition coefficient (Wildman–Crippen LogP) is 4.78. The normalized spacial score (nSPS) is 11.1. The Morgan fingerprint density at radius 3 is 2.35 bits per heavy atom. The van der Waals surface area contributed by atoms with Gasteiger partial charge in [-0.1, -0.05) is 47.5 Å². The average molecular weight is 523 g/mol. The summed E-state index contributed by atoms with van der Waals surface area (Å²) in [6.45, 7) is 0.642. The number of carbonyl (C=O) groups excluding carboxylic acids is 1. The molecule has 1 amide bonds. The molecule has 0 heterocycles. The summed E-state index contributed by atoms with van der Waals surface area (Å²) in [5.74, 6) is 1.07. The summed E-state index contributed by atoms with van der Waals surface area (Å²) in [5, 5.41) is 3.20. The van der Waals surface area contributed by atoms with Crippen molar-refractivity contribution in [3.8, 4) is 11.5 Å². The highest BCUT2D eigenvalue weighted by atomic mass is 35.5. The largest absolute Gasteiger partial charge is 0.497 e. The molecule has 3 rings (SSSR count). The molecule has 0 fully saturated rings. The third-order valence-electron chi connectivity index (χ3n) is 4.84. The maximum Gasteiger partial charge on any atom is 0.251 e. The van der Waals surface area contributed by atoms with E-state index in [0.29, 0.717) is 35.8 Å². The van der Waals surface area contributed by atoms with Gasteiger partial charge in [0, 0.05) is 11.6 Å². The number of hydrogen-bond donors (Lipinski definition) is 1. The highest BCUT2D eigenvalue weighted by Crippen LogP contribution is 2.34. The second-order valence-corrected chi connectivity index (χ2v) is 10.0. The molecule has 3 aromatic carbocycles. The Morgan fingerprint density at radius 1 is 1.00 bits per heavy atom. The molecule has 10 heteroatoms. The second kappa shape index (κ2) is 11.5. The van der Waals surface area contributed by atoms with E-state index in [2.05, 4.69) is 5.32 Å². The molecule has 0 aromatic heterocycles. The van der Waals surface area contributed by atoms with Gasteiger partial charge in [-0.3, -0.25) is 9.10 Å². The number of nitrogens with one attached hydrogen (secondary N) is 1. The minimum atomic E-state index is -3.64. The summed E-state index contributed by atoms with van der Waals surface area (Å²) in [6, 6.07) is 18.7. The van der Waals surface area contributed by atoms with Crippen LogP contribution in [0, 0.1) is 0 Å². The second-order valence-electron chi connectivity index (χ2n) is 7.32. The highest BCUT2D eigenvalue weighted by molar-refractivity contribution is 7.92. The number of sulfonamides is 1. The van der Waals surface area contributed by atoms with Crippen LogP contribution in [-0.2, 0) is 16.6 Å². The van der Waals surface area contributed by atoms with Crippen LogP contribution in [0.25, 0.3) is 0 Å². The Hall–Kier alpha value is -2.94. The molecule has 0 atom stereocenters. The number of rotatable bonds is 10. The molecule has 0 bridgehead atoms. The van der Waals surface area contributed by atoms with Gasteiger partial charge >= 0.3 is 0 Å². The lowest BCUT2D eigenvalue weighted by Crippen LogP contribution is -2.30. The smallest absolute Gasteiger partial charge is 0.251 e. The van der Waals surface area contributed by atoms with Crippen LogP contribution in [0.3, 0.4) is 0 Å². The molecular formula is C24H24Cl2N2O5S. The third-order valence-corrected chi connectivity index (χ3v) is 6.78. The maximum atomic E-state index is 12.4. The summed E-state index contributed by atoms with van der Waals surface area (Å²) in [4.78, 5) is 12.4. The van der Waals surface area contributed by atoms with E-state index >= 15 is 0 Å². The summed E-state index contributed by atoms with van der Waals surface area (Å²) in [7, 11) is -2.06. The lowest BCUT2D eigenvalue weighted by molar-refractivity contribution is 0.0947.